The van der Waals surface area contributed by atoms with E-state index in [1.165, 1.54) is 24.1 Å². The molecule has 0 unspecified atom stereocenters. The Kier molecular flexibility index (Phi) is 9.05. The number of nitrogens with one attached hydrogen (secondary N) is 2. The Hall–Kier alpha value is -0.820. The maximum Gasteiger partial charge on any atom is 0.191 e. The van der Waals surface area contributed by atoms with E-state index in [1.807, 2.05) is 0 Å². The third-order valence-corrected chi connectivity index (χ3v) is 3.95. The molecule has 1 aliphatic rings. The second-order valence-electron chi connectivity index (χ2n) is 7.28. The van der Waals surface area contributed by atoms with Gasteiger partial charge in [0.15, 0.2) is 5.96 Å². The number of aliphatic imine (C=N–C) groups is 1. The van der Waals surface area contributed by atoms with Gasteiger partial charge >= 0.3 is 0 Å². The van der Waals surface area contributed by atoms with Crippen LogP contribution in [0.3, 0.4) is 0 Å². The topological polar surface area (TPSA) is 39.7 Å². The summed E-state index contributed by atoms with van der Waals surface area (Å²) in [4.78, 5) is 7.24. The van der Waals surface area contributed by atoms with E-state index in [9.17, 15) is 0 Å². The van der Waals surface area contributed by atoms with Crippen LogP contribution >= 0.6 is 24.0 Å². The van der Waals surface area contributed by atoms with Gasteiger partial charge in [0, 0.05) is 38.3 Å². The van der Waals surface area contributed by atoms with E-state index in [1.54, 1.807) is 0 Å². The lowest BCUT2D eigenvalue weighted by molar-refractivity contribution is 0.252. The highest BCUT2D eigenvalue weighted by Gasteiger charge is 2.15. The van der Waals surface area contributed by atoms with Gasteiger partial charge in [-0.3, -0.25) is 9.89 Å². The van der Waals surface area contributed by atoms with Crippen molar-refractivity contribution in [2.24, 2.45) is 4.99 Å². The molecule has 0 aliphatic carbocycles. The van der Waals surface area contributed by atoms with Crippen LogP contribution in [0, 0.1) is 0 Å². The molecule has 4 nitrogen and oxygen atoms in total. The van der Waals surface area contributed by atoms with Crippen molar-refractivity contribution in [3.63, 3.8) is 0 Å². The van der Waals surface area contributed by atoms with Gasteiger partial charge in [0.2, 0.25) is 0 Å². The van der Waals surface area contributed by atoms with Gasteiger partial charge in [0.1, 0.15) is 0 Å². The Morgan fingerprint density at radius 1 is 1.21 bits per heavy atom. The predicted octanol–water partition coefficient (Wildman–Crippen LogP) is 3.41. The highest BCUT2D eigenvalue weighted by Crippen LogP contribution is 2.18. The number of nitrogens with zero attached hydrogens (tertiary/aromatic N) is 2. The van der Waals surface area contributed by atoms with Crippen molar-refractivity contribution in [2.45, 2.75) is 52.6 Å². The SMILES string of the molecule is CCNC(=NCCCN1CCc2ccccc2C1)NC(C)(C)C.I. The lowest BCUT2D eigenvalue weighted by Gasteiger charge is -2.28. The molecule has 0 saturated heterocycles. The molecule has 0 bridgehead atoms. The minimum absolute atomic E-state index is 0. The first-order chi connectivity index (χ1) is 11.0. The van der Waals surface area contributed by atoms with Crippen LogP contribution in [0.25, 0.3) is 0 Å². The van der Waals surface area contributed by atoms with Crippen molar-refractivity contribution in [3.8, 4) is 0 Å². The lowest BCUT2D eigenvalue weighted by Crippen LogP contribution is -2.47. The molecule has 0 amide bonds. The standard InChI is InChI=1S/C19H32N4.HI/c1-5-20-18(22-19(2,3)4)21-12-8-13-23-14-11-16-9-6-7-10-17(16)15-23;/h6-7,9-10H,5,8,11-15H2,1-4H3,(H2,20,21,22);1H. The van der Waals surface area contributed by atoms with E-state index in [0.717, 1.165) is 38.6 Å². The average Bonchev–Trinajstić information content (AvgIpc) is 2.50. The summed E-state index contributed by atoms with van der Waals surface area (Å²) < 4.78 is 0. The molecule has 1 heterocycles. The van der Waals surface area contributed by atoms with Crippen LogP contribution in [0.1, 0.15) is 45.2 Å². The Balaban J connectivity index is 0.00000288. The molecule has 24 heavy (non-hydrogen) atoms. The normalized spacial score (nSPS) is 15.4. The van der Waals surface area contributed by atoms with Gasteiger partial charge < -0.3 is 10.6 Å². The number of hydrogen-bond donors (Lipinski definition) is 2. The third kappa shape index (κ3) is 7.38. The molecule has 1 aromatic carbocycles. The lowest BCUT2D eigenvalue weighted by atomic mass is 10.00. The Morgan fingerprint density at radius 2 is 1.92 bits per heavy atom. The van der Waals surface area contributed by atoms with E-state index < -0.39 is 0 Å². The first-order valence-electron chi connectivity index (χ1n) is 8.83. The molecule has 0 saturated carbocycles. The van der Waals surface area contributed by atoms with Gasteiger partial charge in [0.05, 0.1) is 0 Å². The van der Waals surface area contributed by atoms with Crippen molar-refractivity contribution in [2.75, 3.05) is 26.2 Å². The van der Waals surface area contributed by atoms with Crippen molar-refractivity contribution in [1.82, 2.24) is 15.5 Å². The zero-order chi connectivity index (χ0) is 16.7. The van der Waals surface area contributed by atoms with Crippen LogP contribution in [-0.4, -0.2) is 42.6 Å². The Bertz CT molecular complexity index is 522. The summed E-state index contributed by atoms with van der Waals surface area (Å²) in [6, 6.07) is 8.81. The van der Waals surface area contributed by atoms with E-state index in [4.69, 9.17) is 4.99 Å². The van der Waals surface area contributed by atoms with Crippen molar-refractivity contribution < 1.29 is 0 Å². The monoisotopic (exact) mass is 444 g/mol. The Morgan fingerprint density at radius 3 is 2.58 bits per heavy atom. The van der Waals surface area contributed by atoms with Crippen molar-refractivity contribution >= 4 is 29.9 Å². The molecule has 0 atom stereocenters. The van der Waals surface area contributed by atoms with Crippen LogP contribution in [-0.2, 0) is 13.0 Å². The number of halogens is 1. The third-order valence-electron chi connectivity index (χ3n) is 3.95. The van der Waals surface area contributed by atoms with Crippen molar-refractivity contribution in [3.05, 3.63) is 35.4 Å². The fraction of sp³-hybridized carbons (Fsp3) is 0.632. The van der Waals surface area contributed by atoms with E-state index in [0.29, 0.717) is 0 Å². The zero-order valence-corrected chi connectivity index (χ0v) is 17.9. The van der Waals surface area contributed by atoms with Gasteiger partial charge in [0.25, 0.3) is 0 Å². The minimum atomic E-state index is 0. The van der Waals surface area contributed by atoms with E-state index in [-0.39, 0.29) is 29.5 Å². The molecule has 0 radical (unpaired) electrons. The van der Waals surface area contributed by atoms with Gasteiger partial charge in [-0.25, -0.2) is 0 Å². The summed E-state index contributed by atoms with van der Waals surface area (Å²) >= 11 is 0. The molecule has 5 heteroatoms. The number of guanidine groups is 1. The summed E-state index contributed by atoms with van der Waals surface area (Å²) in [6.45, 7) is 13.7. The molecule has 1 aromatic rings. The van der Waals surface area contributed by atoms with Crippen LogP contribution < -0.4 is 10.6 Å². The zero-order valence-electron chi connectivity index (χ0n) is 15.6. The Labute approximate surface area is 164 Å². The molecular weight excluding hydrogens is 411 g/mol. The highest BCUT2D eigenvalue weighted by atomic mass is 127. The first-order valence-corrected chi connectivity index (χ1v) is 8.83. The predicted molar refractivity (Wildman–Crippen MR) is 114 cm³/mol. The smallest absolute Gasteiger partial charge is 0.191 e. The number of benzene rings is 1. The maximum absolute atomic E-state index is 4.70. The van der Waals surface area contributed by atoms with Crippen molar-refractivity contribution in [1.29, 1.82) is 0 Å². The van der Waals surface area contributed by atoms with E-state index >= 15 is 0 Å². The number of hydrogen-bond acceptors (Lipinski definition) is 2. The van der Waals surface area contributed by atoms with Gasteiger partial charge in [-0.2, -0.15) is 0 Å². The molecule has 1 aliphatic heterocycles. The average molecular weight is 444 g/mol. The number of fused-ring (bicyclic) bond motifs is 1. The van der Waals surface area contributed by atoms with Gasteiger partial charge in [-0.15, -0.1) is 24.0 Å². The molecule has 136 valence electrons. The molecule has 0 spiro atoms. The first kappa shape index (κ1) is 21.2. The second-order valence-corrected chi connectivity index (χ2v) is 7.28. The highest BCUT2D eigenvalue weighted by molar-refractivity contribution is 14.0. The summed E-state index contributed by atoms with van der Waals surface area (Å²) in [5, 5.41) is 6.75. The van der Waals surface area contributed by atoms with Gasteiger partial charge in [-0.05, 0) is 51.7 Å². The molecule has 2 N–H and O–H groups in total. The second kappa shape index (κ2) is 10.2. The molecule has 2 rings (SSSR count). The number of rotatable bonds is 5. The minimum Gasteiger partial charge on any atom is -0.357 e. The van der Waals surface area contributed by atoms with Crippen LogP contribution in [0.15, 0.2) is 29.3 Å². The summed E-state index contributed by atoms with van der Waals surface area (Å²) in [7, 11) is 0. The quantitative estimate of drug-likeness (QED) is 0.317. The molecule has 0 fully saturated rings. The van der Waals surface area contributed by atoms with Crippen LogP contribution in [0.5, 0.6) is 0 Å². The summed E-state index contributed by atoms with van der Waals surface area (Å²) in [5.74, 6) is 0.920. The van der Waals surface area contributed by atoms with Gasteiger partial charge in [-0.1, -0.05) is 24.3 Å². The summed E-state index contributed by atoms with van der Waals surface area (Å²) in [5.41, 5.74) is 3.05. The maximum atomic E-state index is 4.70. The fourth-order valence-corrected chi connectivity index (χ4v) is 2.89. The molecular formula is C19H33IN4. The fourth-order valence-electron chi connectivity index (χ4n) is 2.89. The largest absolute Gasteiger partial charge is 0.357 e. The molecule has 0 aromatic heterocycles. The summed E-state index contributed by atoms with van der Waals surface area (Å²) in [6.07, 6.45) is 2.27. The van der Waals surface area contributed by atoms with Crippen LogP contribution in [0.4, 0.5) is 0 Å². The van der Waals surface area contributed by atoms with Crippen LogP contribution in [0.2, 0.25) is 0 Å². The van der Waals surface area contributed by atoms with E-state index in [2.05, 4.69) is 67.5 Å².